The molecule has 0 saturated heterocycles. The van der Waals surface area contributed by atoms with Crippen molar-refractivity contribution < 1.29 is 13.2 Å². The molecular formula is C12H25N5O3S. The van der Waals surface area contributed by atoms with Crippen molar-refractivity contribution in [3.8, 4) is 0 Å². The number of likely N-dealkylation sites (N-methyl/N-ethyl adjacent to an activating group) is 2. The molecule has 0 atom stereocenters. The average molecular weight is 319 g/mol. The Morgan fingerprint density at radius 1 is 1.38 bits per heavy atom. The van der Waals surface area contributed by atoms with Crippen LogP contribution in [-0.4, -0.2) is 77.1 Å². The van der Waals surface area contributed by atoms with Crippen molar-refractivity contribution in [2.45, 2.75) is 11.4 Å². The molecule has 0 spiro atoms. The molecule has 0 aliphatic rings. The van der Waals surface area contributed by atoms with E-state index in [4.69, 9.17) is 4.74 Å². The summed E-state index contributed by atoms with van der Waals surface area (Å²) in [6.45, 7) is 3.73. The summed E-state index contributed by atoms with van der Waals surface area (Å²) in [7, 11) is 1.90. The van der Waals surface area contributed by atoms with Crippen LogP contribution in [0.4, 0.5) is 0 Å². The molecule has 1 aromatic rings. The molecule has 9 heteroatoms. The van der Waals surface area contributed by atoms with E-state index < -0.39 is 10.0 Å². The van der Waals surface area contributed by atoms with Crippen LogP contribution in [0.3, 0.4) is 0 Å². The zero-order valence-electron chi connectivity index (χ0n) is 12.9. The molecule has 0 radical (unpaired) electrons. The lowest BCUT2D eigenvalue weighted by molar-refractivity contribution is 0.162. The summed E-state index contributed by atoms with van der Waals surface area (Å²) >= 11 is 0. The summed E-state index contributed by atoms with van der Waals surface area (Å²) in [5.41, 5.74) is 0. The summed E-state index contributed by atoms with van der Waals surface area (Å²) in [6, 6.07) is 0. The standard InChI is InChI=1S/C12H25N5O3S/c1-13-4-7-17-11-12(10-14-17)21(18,19)15-5-6-16(2)8-9-20-3/h10-11,13,15H,4-9H2,1-3H3. The molecule has 0 aromatic carbocycles. The van der Waals surface area contributed by atoms with Crippen molar-refractivity contribution in [3.05, 3.63) is 12.4 Å². The van der Waals surface area contributed by atoms with Gasteiger partial charge in [-0.2, -0.15) is 5.10 Å². The lowest BCUT2D eigenvalue weighted by atomic mass is 10.5. The number of hydrogen-bond donors (Lipinski definition) is 2. The van der Waals surface area contributed by atoms with Gasteiger partial charge < -0.3 is 15.0 Å². The van der Waals surface area contributed by atoms with Gasteiger partial charge in [-0.3, -0.25) is 4.68 Å². The van der Waals surface area contributed by atoms with Gasteiger partial charge in [0.15, 0.2) is 0 Å². The van der Waals surface area contributed by atoms with Crippen LogP contribution in [0.2, 0.25) is 0 Å². The van der Waals surface area contributed by atoms with E-state index in [0.717, 1.165) is 13.1 Å². The molecule has 0 aliphatic carbocycles. The molecule has 0 saturated carbocycles. The molecule has 8 nitrogen and oxygen atoms in total. The van der Waals surface area contributed by atoms with Crippen LogP contribution in [0.5, 0.6) is 0 Å². The first kappa shape index (κ1) is 18.1. The maximum Gasteiger partial charge on any atom is 0.243 e. The summed E-state index contributed by atoms with van der Waals surface area (Å²) in [5.74, 6) is 0. The summed E-state index contributed by atoms with van der Waals surface area (Å²) < 4.78 is 33.3. The Kier molecular flexibility index (Phi) is 7.83. The van der Waals surface area contributed by atoms with E-state index in [0.29, 0.717) is 26.2 Å². The lowest BCUT2D eigenvalue weighted by Crippen LogP contribution is -2.34. The third-order valence-corrected chi connectivity index (χ3v) is 4.39. The van der Waals surface area contributed by atoms with Gasteiger partial charge in [-0.1, -0.05) is 0 Å². The molecule has 0 aliphatic heterocycles. The van der Waals surface area contributed by atoms with Gasteiger partial charge in [0.1, 0.15) is 4.90 Å². The summed E-state index contributed by atoms with van der Waals surface area (Å²) in [5, 5.41) is 7.02. The van der Waals surface area contributed by atoms with Gasteiger partial charge in [-0.05, 0) is 14.1 Å². The fourth-order valence-electron chi connectivity index (χ4n) is 1.65. The molecule has 0 bridgehead atoms. The van der Waals surface area contributed by atoms with E-state index in [1.807, 2.05) is 19.0 Å². The average Bonchev–Trinajstić information content (AvgIpc) is 2.92. The molecule has 1 rings (SSSR count). The number of rotatable bonds is 11. The van der Waals surface area contributed by atoms with Crippen LogP contribution in [0, 0.1) is 0 Å². The van der Waals surface area contributed by atoms with Gasteiger partial charge in [-0.15, -0.1) is 0 Å². The molecule has 1 heterocycles. The topological polar surface area (TPSA) is 88.5 Å². The van der Waals surface area contributed by atoms with E-state index >= 15 is 0 Å². The quantitative estimate of drug-likeness (QED) is 0.542. The van der Waals surface area contributed by atoms with Gasteiger partial charge in [0, 0.05) is 39.5 Å². The van der Waals surface area contributed by atoms with Crippen LogP contribution < -0.4 is 10.0 Å². The Labute approximate surface area is 126 Å². The highest BCUT2D eigenvalue weighted by Crippen LogP contribution is 2.06. The maximum atomic E-state index is 12.1. The van der Waals surface area contributed by atoms with Crippen LogP contribution in [0.1, 0.15) is 0 Å². The first-order valence-corrected chi connectivity index (χ1v) is 8.32. The van der Waals surface area contributed by atoms with Gasteiger partial charge in [0.2, 0.25) is 10.0 Å². The number of ether oxygens (including phenoxy) is 1. The van der Waals surface area contributed by atoms with Crippen LogP contribution >= 0.6 is 0 Å². The smallest absolute Gasteiger partial charge is 0.243 e. The fraction of sp³-hybridized carbons (Fsp3) is 0.750. The Morgan fingerprint density at radius 3 is 2.81 bits per heavy atom. The SMILES string of the molecule is CNCCn1cc(S(=O)(=O)NCCN(C)CCOC)cn1. The Bertz CT molecular complexity index is 503. The van der Waals surface area contributed by atoms with E-state index in [9.17, 15) is 8.42 Å². The zero-order valence-corrected chi connectivity index (χ0v) is 13.7. The zero-order chi connectivity index (χ0) is 15.7. The number of sulfonamides is 1. The molecule has 0 amide bonds. The van der Waals surface area contributed by atoms with Gasteiger partial charge in [0.25, 0.3) is 0 Å². The fourth-order valence-corrected chi connectivity index (χ4v) is 2.62. The third-order valence-electron chi connectivity index (χ3n) is 2.97. The van der Waals surface area contributed by atoms with Crippen LogP contribution in [0.15, 0.2) is 17.3 Å². The summed E-state index contributed by atoms with van der Waals surface area (Å²) in [4.78, 5) is 2.20. The molecule has 1 aromatic heterocycles. The third kappa shape index (κ3) is 6.53. The number of hydrogen-bond acceptors (Lipinski definition) is 6. The minimum absolute atomic E-state index is 0.193. The van der Waals surface area contributed by atoms with Crippen LogP contribution in [-0.2, 0) is 21.3 Å². The van der Waals surface area contributed by atoms with E-state index in [2.05, 4.69) is 15.1 Å². The predicted molar refractivity (Wildman–Crippen MR) is 80.7 cm³/mol. The molecule has 122 valence electrons. The van der Waals surface area contributed by atoms with E-state index in [1.54, 1.807) is 11.8 Å². The van der Waals surface area contributed by atoms with Crippen molar-refractivity contribution >= 4 is 10.0 Å². The normalized spacial score (nSPS) is 12.2. The van der Waals surface area contributed by atoms with E-state index in [1.165, 1.54) is 12.4 Å². The van der Waals surface area contributed by atoms with Crippen LogP contribution in [0.25, 0.3) is 0 Å². The second-order valence-electron chi connectivity index (χ2n) is 4.74. The van der Waals surface area contributed by atoms with Crippen molar-refractivity contribution in [1.82, 2.24) is 24.7 Å². The second kappa shape index (κ2) is 9.11. The van der Waals surface area contributed by atoms with Gasteiger partial charge in [-0.25, -0.2) is 13.1 Å². The van der Waals surface area contributed by atoms with Crippen molar-refractivity contribution in [1.29, 1.82) is 0 Å². The van der Waals surface area contributed by atoms with Gasteiger partial charge >= 0.3 is 0 Å². The Morgan fingerprint density at radius 2 is 2.14 bits per heavy atom. The minimum Gasteiger partial charge on any atom is -0.383 e. The van der Waals surface area contributed by atoms with Gasteiger partial charge in [0.05, 0.1) is 19.3 Å². The minimum atomic E-state index is -3.49. The lowest BCUT2D eigenvalue weighted by Gasteiger charge is -2.15. The van der Waals surface area contributed by atoms with E-state index in [-0.39, 0.29) is 4.90 Å². The first-order valence-electron chi connectivity index (χ1n) is 6.84. The molecule has 0 unspecified atom stereocenters. The second-order valence-corrected chi connectivity index (χ2v) is 6.50. The Hall–Kier alpha value is -1.00. The summed E-state index contributed by atoms with van der Waals surface area (Å²) in [6.07, 6.45) is 2.90. The van der Waals surface area contributed by atoms with Crippen molar-refractivity contribution in [2.75, 3.05) is 54.0 Å². The number of nitrogens with zero attached hydrogens (tertiary/aromatic N) is 3. The van der Waals surface area contributed by atoms with Crippen molar-refractivity contribution in [2.24, 2.45) is 0 Å². The largest absolute Gasteiger partial charge is 0.383 e. The highest BCUT2D eigenvalue weighted by Gasteiger charge is 2.16. The number of aromatic nitrogens is 2. The molecule has 0 fully saturated rings. The molecule has 2 N–H and O–H groups in total. The Balaban J connectivity index is 2.44. The van der Waals surface area contributed by atoms with Crippen molar-refractivity contribution in [3.63, 3.8) is 0 Å². The molecular weight excluding hydrogens is 294 g/mol. The number of nitrogens with one attached hydrogen (secondary N) is 2. The predicted octanol–water partition coefficient (Wildman–Crippen LogP) is -1.04. The highest BCUT2D eigenvalue weighted by molar-refractivity contribution is 7.89. The highest BCUT2D eigenvalue weighted by atomic mass is 32.2. The first-order chi connectivity index (χ1) is 9.99. The monoisotopic (exact) mass is 319 g/mol. The maximum absolute atomic E-state index is 12.1. The number of methoxy groups -OCH3 is 1. The molecule has 21 heavy (non-hydrogen) atoms.